The Hall–Kier alpha value is -1.26. The first-order valence-electron chi connectivity index (χ1n) is 6.14. The van der Waals surface area contributed by atoms with E-state index in [9.17, 15) is 0 Å². The Labute approximate surface area is 112 Å². The van der Waals surface area contributed by atoms with Crippen molar-refractivity contribution in [1.29, 1.82) is 0 Å². The number of benzene rings is 1. The van der Waals surface area contributed by atoms with E-state index in [1.54, 1.807) is 11.8 Å². The van der Waals surface area contributed by atoms with Gasteiger partial charge in [0, 0.05) is 29.2 Å². The number of thioether (sulfide) groups is 1. The number of rotatable bonds is 6. The molecule has 1 heterocycles. The smallest absolute Gasteiger partial charge is 0.167 e. The number of nitrogens with zero attached hydrogens (tertiary/aromatic N) is 1. The van der Waals surface area contributed by atoms with Gasteiger partial charge in [0.2, 0.25) is 0 Å². The molecule has 18 heavy (non-hydrogen) atoms. The Morgan fingerprint density at radius 3 is 2.83 bits per heavy atom. The van der Waals surface area contributed by atoms with Crippen LogP contribution in [0.4, 0.5) is 0 Å². The zero-order valence-corrected chi connectivity index (χ0v) is 11.3. The van der Waals surface area contributed by atoms with Gasteiger partial charge in [0.15, 0.2) is 5.76 Å². The van der Waals surface area contributed by atoms with Gasteiger partial charge in [-0.05, 0) is 6.42 Å². The largest absolute Gasteiger partial charge is 0.356 e. The van der Waals surface area contributed by atoms with Crippen LogP contribution in [0.25, 0.3) is 11.3 Å². The molecule has 0 fully saturated rings. The molecular formula is C14H18N2OS. The van der Waals surface area contributed by atoms with Gasteiger partial charge in [0.1, 0.15) is 0 Å². The molecule has 0 saturated heterocycles. The first-order chi connectivity index (χ1) is 8.79. The fourth-order valence-electron chi connectivity index (χ4n) is 1.55. The van der Waals surface area contributed by atoms with Gasteiger partial charge in [-0.2, -0.15) is 11.8 Å². The average Bonchev–Trinajstić information content (AvgIpc) is 2.88. The van der Waals surface area contributed by atoms with Gasteiger partial charge in [-0.1, -0.05) is 42.4 Å². The fourth-order valence-corrected chi connectivity index (χ4v) is 2.55. The maximum atomic E-state index is 5.87. The highest BCUT2D eigenvalue weighted by atomic mass is 32.2. The van der Waals surface area contributed by atoms with Gasteiger partial charge >= 0.3 is 0 Å². The normalized spacial score (nSPS) is 12.6. The quantitative estimate of drug-likeness (QED) is 0.867. The number of nitrogens with two attached hydrogens (primary N) is 1. The van der Waals surface area contributed by atoms with Crippen molar-refractivity contribution in [2.45, 2.75) is 25.1 Å². The lowest BCUT2D eigenvalue weighted by molar-refractivity contribution is 0.426. The molecule has 0 aliphatic carbocycles. The van der Waals surface area contributed by atoms with E-state index >= 15 is 0 Å². The maximum Gasteiger partial charge on any atom is 0.167 e. The van der Waals surface area contributed by atoms with Gasteiger partial charge in [-0.3, -0.25) is 0 Å². The molecule has 1 aromatic heterocycles. The molecular weight excluding hydrogens is 244 g/mol. The predicted molar refractivity (Wildman–Crippen MR) is 76.4 cm³/mol. The average molecular weight is 262 g/mol. The van der Waals surface area contributed by atoms with Crippen LogP contribution in [0, 0.1) is 0 Å². The predicted octanol–water partition coefficient (Wildman–Crippen LogP) is 3.31. The van der Waals surface area contributed by atoms with Crippen molar-refractivity contribution < 1.29 is 4.52 Å². The minimum Gasteiger partial charge on any atom is -0.356 e. The zero-order valence-electron chi connectivity index (χ0n) is 10.5. The van der Waals surface area contributed by atoms with Crippen LogP contribution < -0.4 is 5.73 Å². The molecule has 4 heteroatoms. The van der Waals surface area contributed by atoms with Gasteiger partial charge in [0.05, 0.1) is 5.69 Å². The molecule has 3 nitrogen and oxygen atoms in total. The van der Waals surface area contributed by atoms with Crippen molar-refractivity contribution in [2.75, 3.05) is 5.75 Å². The Balaban J connectivity index is 1.91. The van der Waals surface area contributed by atoms with E-state index in [1.807, 2.05) is 36.4 Å². The molecule has 2 rings (SSSR count). The number of aromatic nitrogens is 1. The van der Waals surface area contributed by atoms with Crippen molar-refractivity contribution in [1.82, 2.24) is 5.16 Å². The van der Waals surface area contributed by atoms with Crippen LogP contribution in [0.3, 0.4) is 0 Å². The second-order valence-corrected chi connectivity index (χ2v) is 5.26. The highest BCUT2D eigenvalue weighted by molar-refractivity contribution is 7.98. The topological polar surface area (TPSA) is 52.0 Å². The summed E-state index contributed by atoms with van der Waals surface area (Å²) in [6, 6.07) is 12.3. The van der Waals surface area contributed by atoms with Gasteiger partial charge in [-0.15, -0.1) is 0 Å². The molecule has 0 saturated carbocycles. The molecule has 0 amide bonds. The molecule has 2 N–H and O–H groups in total. The summed E-state index contributed by atoms with van der Waals surface area (Å²) in [5, 5.41) is 4.08. The van der Waals surface area contributed by atoms with Crippen LogP contribution in [-0.2, 0) is 5.75 Å². The van der Waals surface area contributed by atoms with Gasteiger partial charge < -0.3 is 10.3 Å². The van der Waals surface area contributed by atoms with Gasteiger partial charge in [0.25, 0.3) is 0 Å². The van der Waals surface area contributed by atoms with Crippen molar-refractivity contribution in [3.05, 3.63) is 42.1 Å². The van der Waals surface area contributed by atoms with Crippen LogP contribution in [0.5, 0.6) is 0 Å². The van der Waals surface area contributed by atoms with Crippen molar-refractivity contribution in [3.63, 3.8) is 0 Å². The lowest BCUT2D eigenvalue weighted by Gasteiger charge is -2.05. The molecule has 0 bridgehead atoms. The summed E-state index contributed by atoms with van der Waals surface area (Å²) in [7, 11) is 0. The van der Waals surface area contributed by atoms with Crippen LogP contribution >= 0.6 is 11.8 Å². The highest BCUT2D eigenvalue weighted by Crippen LogP contribution is 2.22. The first-order valence-corrected chi connectivity index (χ1v) is 7.29. The minimum atomic E-state index is 0.274. The molecule has 1 atom stereocenters. The van der Waals surface area contributed by atoms with Crippen molar-refractivity contribution >= 4 is 11.8 Å². The molecule has 0 spiro atoms. The third-order valence-electron chi connectivity index (χ3n) is 2.72. The molecule has 0 radical (unpaired) electrons. The number of hydrogen-bond donors (Lipinski definition) is 1. The summed E-state index contributed by atoms with van der Waals surface area (Å²) in [4.78, 5) is 0. The second-order valence-electron chi connectivity index (χ2n) is 4.23. The van der Waals surface area contributed by atoms with Crippen LogP contribution in [0.1, 0.15) is 19.0 Å². The van der Waals surface area contributed by atoms with E-state index in [-0.39, 0.29) is 6.04 Å². The Morgan fingerprint density at radius 1 is 1.33 bits per heavy atom. The molecule has 1 unspecified atom stereocenters. The molecule has 96 valence electrons. The summed E-state index contributed by atoms with van der Waals surface area (Å²) in [5.41, 5.74) is 7.90. The van der Waals surface area contributed by atoms with Crippen LogP contribution in [0.2, 0.25) is 0 Å². The van der Waals surface area contributed by atoms with E-state index in [4.69, 9.17) is 10.3 Å². The Kier molecular flexibility index (Phi) is 4.84. The summed E-state index contributed by atoms with van der Waals surface area (Å²) < 4.78 is 5.34. The molecule has 2 aromatic rings. The first kappa shape index (κ1) is 13.2. The zero-order chi connectivity index (χ0) is 12.8. The summed E-state index contributed by atoms with van der Waals surface area (Å²) in [6.45, 7) is 2.11. The Morgan fingerprint density at radius 2 is 2.11 bits per heavy atom. The summed E-state index contributed by atoms with van der Waals surface area (Å²) in [6.07, 6.45) is 1.01. The molecule has 0 aliphatic heterocycles. The van der Waals surface area contributed by atoms with E-state index in [0.29, 0.717) is 0 Å². The van der Waals surface area contributed by atoms with Gasteiger partial charge in [-0.25, -0.2) is 0 Å². The maximum absolute atomic E-state index is 5.87. The minimum absolute atomic E-state index is 0.274. The lowest BCUT2D eigenvalue weighted by Crippen LogP contribution is -2.21. The summed E-state index contributed by atoms with van der Waals surface area (Å²) in [5.74, 6) is 2.64. The van der Waals surface area contributed by atoms with E-state index in [2.05, 4.69) is 12.1 Å². The molecule has 1 aromatic carbocycles. The van der Waals surface area contributed by atoms with Crippen molar-refractivity contribution in [2.24, 2.45) is 5.73 Å². The van der Waals surface area contributed by atoms with Crippen LogP contribution in [-0.4, -0.2) is 17.0 Å². The van der Waals surface area contributed by atoms with E-state index in [0.717, 1.165) is 34.9 Å². The Bertz CT molecular complexity index is 470. The fraction of sp³-hybridized carbons (Fsp3) is 0.357. The van der Waals surface area contributed by atoms with E-state index in [1.165, 1.54) is 0 Å². The van der Waals surface area contributed by atoms with Crippen molar-refractivity contribution in [3.8, 4) is 11.3 Å². The summed E-state index contributed by atoms with van der Waals surface area (Å²) >= 11 is 1.80. The third-order valence-corrected chi connectivity index (χ3v) is 3.89. The SMILES string of the molecule is CCC(N)CSCc1cc(-c2ccccc2)on1. The van der Waals surface area contributed by atoms with Crippen LogP contribution in [0.15, 0.2) is 40.9 Å². The highest BCUT2D eigenvalue weighted by Gasteiger charge is 2.07. The standard InChI is InChI=1S/C14H18N2OS/c1-2-12(15)9-18-10-13-8-14(17-16-13)11-6-4-3-5-7-11/h3-8,12H,2,9-10,15H2,1H3. The number of hydrogen-bond acceptors (Lipinski definition) is 4. The lowest BCUT2D eigenvalue weighted by atomic mass is 10.2. The van der Waals surface area contributed by atoms with E-state index < -0.39 is 0 Å². The third kappa shape index (κ3) is 3.62. The monoisotopic (exact) mass is 262 g/mol. The molecule has 0 aliphatic rings. The second kappa shape index (κ2) is 6.61.